The molecule has 0 saturated heterocycles. The summed E-state index contributed by atoms with van der Waals surface area (Å²) in [5.74, 6) is 0. The molecule has 0 radical (unpaired) electrons. The van der Waals surface area contributed by atoms with Crippen LogP contribution in [0.1, 0.15) is 16.7 Å². The van der Waals surface area contributed by atoms with Crippen LogP contribution in [0.4, 0.5) is 0 Å². The smallest absolute Gasteiger partial charge is 0.214 e. The van der Waals surface area contributed by atoms with Crippen molar-refractivity contribution < 1.29 is 26.2 Å². The number of hydrogen-bond donors (Lipinski definition) is 0. The summed E-state index contributed by atoms with van der Waals surface area (Å²) in [6.07, 6.45) is 0. The SMILES string of the molecule is Cc1c[c-]ccc1.Cc1c[c-]ccc1.Cc1c[c-]ccc1.[Zr+4].c1cc[cH-]c1. The summed E-state index contributed by atoms with van der Waals surface area (Å²) in [5.41, 5.74) is 3.80. The van der Waals surface area contributed by atoms with Crippen LogP contribution in [-0.2, 0) is 26.2 Å². The standard InChI is InChI=1S/3C7H7.C5H5.Zr/c3*1-7-5-3-2-4-6-7;1-2-4-5-3-1;/h3*2-3,5-6H,1H3;1-5H;/q4*-1;+4. The van der Waals surface area contributed by atoms with Crippen LogP contribution in [0.15, 0.2) is 103 Å². The summed E-state index contributed by atoms with van der Waals surface area (Å²) in [4.78, 5) is 0. The molecular weight excluding hydrogens is 404 g/mol. The molecule has 27 heavy (non-hydrogen) atoms. The van der Waals surface area contributed by atoms with Crippen LogP contribution in [0, 0.1) is 39.0 Å². The Morgan fingerprint density at radius 2 is 0.889 bits per heavy atom. The van der Waals surface area contributed by atoms with E-state index in [9.17, 15) is 0 Å². The van der Waals surface area contributed by atoms with Gasteiger partial charge >= 0.3 is 26.2 Å². The third kappa shape index (κ3) is 15.8. The van der Waals surface area contributed by atoms with Gasteiger partial charge in [-0.25, -0.2) is 12.1 Å². The van der Waals surface area contributed by atoms with Crippen molar-refractivity contribution in [2.45, 2.75) is 20.8 Å². The molecule has 0 atom stereocenters. The molecule has 0 bridgehead atoms. The van der Waals surface area contributed by atoms with E-state index in [4.69, 9.17) is 0 Å². The molecule has 0 amide bonds. The van der Waals surface area contributed by atoms with Crippen LogP contribution in [-0.4, -0.2) is 0 Å². The molecular formula is C26H26Zr. The predicted octanol–water partition coefficient (Wildman–Crippen LogP) is 6.79. The van der Waals surface area contributed by atoms with Crippen molar-refractivity contribution in [1.29, 1.82) is 0 Å². The molecule has 4 aromatic carbocycles. The molecule has 0 fully saturated rings. The van der Waals surface area contributed by atoms with E-state index in [1.54, 1.807) is 0 Å². The molecule has 0 aliphatic heterocycles. The Balaban J connectivity index is 0.000000332. The van der Waals surface area contributed by atoms with Gasteiger partial charge in [-0.1, -0.05) is 20.8 Å². The number of hydrogen-bond acceptors (Lipinski definition) is 0. The largest absolute Gasteiger partial charge is 4.00 e. The summed E-state index contributed by atoms with van der Waals surface area (Å²) >= 11 is 0. The Bertz CT molecular complexity index is 639. The number of benzene rings is 3. The molecule has 4 rings (SSSR count). The summed E-state index contributed by atoms with van der Waals surface area (Å²) in [7, 11) is 0. The zero-order valence-electron chi connectivity index (χ0n) is 16.3. The first-order chi connectivity index (χ1) is 12.7. The van der Waals surface area contributed by atoms with Crippen molar-refractivity contribution in [2.24, 2.45) is 0 Å². The maximum absolute atomic E-state index is 2.96. The second kappa shape index (κ2) is 17.3. The average Bonchev–Trinajstić information content (AvgIpc) is 3.25. The van der Waals surface area contributed by atoms with Crippen molar-refractivity contribution in [3.05, 3.63) is 138 Å². The Morgan fingerprint density at radius 3 is 1.00 bits per heavy atom. The van der Waals surface area contributed by atoms with Crippen LogP contribution in [0.5, 0.6) is 0 Å². The molecule has 0 heterocycles. The van der Waals surface area contributed by atoms with Gasteiger partial charge in [0.15, 0.2) is 0 Å². The summed E-state index contributed by atoms with van der Waals surface area (Å²) in [5, 5.41) is 0. The first kappa shape index (κ1) is 24.9. The third-order valence-electron chi connectivity index (χ3n) is 3.14. The summed E-state index contributed by atoms with van der Waals surface area (Å²) in [6, 6.07) is 42.5. The van der Waals surface area contributed by atoms with Gasteiger partial charge in [-0.3, -0.25) is 0 Å². The molecule has 0 nitrogen and oxygen atoms in total. The molecule has 0 aromatic heterocycles. The van der Waals surface area contributed by atoms with Gasteiger partial charge < -0.3 is 0 Å². The summed E-state index contributed by atoms with van der Waals surface area (Å²) < 4.78 is 0. The Kier molecular flexibility index (Phi) is 16.0. The fourth-order valence-electron chi connectivity index (χ4n) is 1.77. The van der Waals surface area contributed by atoms with Crippen LogP contribution in [0.2, 0.25) is 0 Å². The molecule has 0 saturated carbocycles. The monoisotopic (exact) mass is 428 g/mol. The zero-order chi connectivity index (χ0) is 18.9. The molecule has 0 N–H and O–H groups in total. The average molecular weight is 430 g/mol. The fraction of sp³-hybridized carbons (Fsp3) is 0.115. The van der Waals surface area contributed by atoms with Crippen LogP contribution >= 0.6 is 0 Å². The zero-order valence-corrected chi connectivity index (χ0v) is 18.8. The van der Waals surface area contributed by atoms with Gasteiger partial charge in [-0.15, -0.1) is 0 Å². The molecule has 0 unspecified atom stereocenters. The molecule has 0 aliphatic carbocycles. The fourth-order valence-corrected chi connectivity index (χ4v) is 1.77. The first-order valence-corrected chi connectivity index (χ1v) is 8.63. The van der Waals surface area contributed by atoms with Crippen molar-refractivity contribution in [2.75, 3.05) is 0 Å². The van der Waals surface area contributed by atoms with Crippen molar-refractivity contribution >= 4 is 0 Å². The van der Waals surface area contributed by atoms with E-state index in [-0.39, 0.29) is 26.2 Å². The van der Waals surface area contributed by atoms with Gasteiger partial charge in [0.2, 0.25) is 0 Å². The van der Waals surface area contributed by atoms with E-state index in [1.165, 1.54) is 16.7 Å². The minimum atomic E-state index is 0. The van der Waals surface area contributed by atoms with Crippen molar-refractivity contribution in [1.82, 2.24) is 0 Å². The van der Waals surface area contributed by atoms with Crippen molar-refractivity contribution in [3.63, 3.8) is 0 Å². The van der Waals surface area contributed by atoms with Crippen LogP contribution < -0.4 is 0 Å². The Labute approximate surface area is 184 Å². The second-order valence-electron chi connectivity index (χ2n) is 5.70. The molecule has 0 spiro atoms. The van der Waals surface area contributed by atoms with Crippen LogP contribution in [0.3, 0.4) is 0 Å². The van der Waals surface area contributed by atoms with E-state index < -0.39 is 0 Å². The maximum atomic E-state index is 2.96. The topological polar surface area (TPSA) is 0 Å². The normalized spacial score (nSPS) is 8.26. The predicted molar refractivity (Wildman–Crippen MR) is 112 cm³/mol. The van der Waals surface area contributed by atoms with Gasteiger partial charge in [-0.05, 0) is 0 Å². The van der Waals surface area contributed by atoms with E-state index in [2.05, 4.69) is 57.2 Å². The Hall–Kier alpha value is -2.11. The first-order valence-electron chi connectivity index (χ1n) is 8.63. The van der Waals surface area contributed by atoms with E-state index in [0.717, 1.165) is 0 Å². The van der Waals surface area contributed by atoms with Crippen molar-refractivity contribution in [3.8, 4) is 0 Å². The van der Waals surface area contributed by atoms with Gasteiger partial charge in [0, 0.05) is 0 Å². The van der Waals surface area contributed by atoms with Crippen LogP contribution in [0.25, 0.3) is 0 Å². The van der Waals surface area contributed by atoms with Gasteiger partial charge in [0.25, 0.3) is 0 Å². The molecule has 134 valence electrons. The van der Waals surface area contributed by atoms with E-state index >= 15 is 0 Å². The minimum Gasteiger partial charge on any atom is -0.214 e. The maximum Gasteiger partial charge on any atom is 4.00 e. The summed E-state index contributed by atoms with van der Waals surface area (Å²) in [6.45, 7) is 6.16. The molecule has 1 heteroatoms. The second-order valence-corrected chi connectivity index (χ2v) is 5.70. The Morgan fingerprint density at radius 1 is 0.556 bits per heavy atom. The number of rotatable bonds is 0. The molecule has 4 aromatic rings. The van der Waals surface area contributed by atoms with E-state index in [1.807, 2.05) is 84.9 Å². The van der Waals surface area contributed by atoms with E-state index in [0.29, 0.717) is 0 Å². The quantitative estimate of drug-likeness (QED) is 0.270. The van der Waals surface area contributed by atoms with Gasteiger partial charge in [0.1, 0.15) is 0 Å². The third-order valence-corrected chi connectivity index (χ3v) is 3.14. The minimum absolute atomic E-state index is 0. The van der Waals surface area contributed by atoms with Gasteiger partial charge in [-0.2, -0.15) is 126 Å². The number of aryl methyl sites for hydroxylation is 3. The molecule has 0 aliphatic rings. The van der Waals surface area contributed by atoms with Gasteiger partial charge in [0.05, 0.1) is 0 Å².